The Kier molecular flexibility index (Phi) is 9.23. The second kappa shape index (κ2) is 11.9. The van der Waals surface area contributed by atoms with Crippen molar-refractivity contribution < 1.29 is 0 Å². The van der Waals surface area contributed by atoms with Crippen LogP contribution in [0.25, 0.3) is 0 Å². The highest BCUT2D eigenvalue weighted by Crippen LogP contribution is 2.46. The second-order valence-corrected chi connectivity index (χ2v) is 11.0. The molecular weight excluding hydrogens is 407 g/mol. The minimum absolute atomic E-state index is 0.265. The topological polar surface area (TPSA) is 0 Å². The van der Waals surface area contributed by atoms with Crippen LogP contribution in [0.1, 0.15) is 66.9 Å². The van der Waals surface area contributed by atoms with E-state index < -0.39 is 0 Å². The van der Waals surface area contributed by atoms with E-state index in [-0.39, 0.29) is 12.1 Å². The third-order valence-corrected chi connectivity index (χ3v) is 9.24. The standard InChI is InChI=1S/C33H45B/c1-8-25(3)27(5)33(7,28(6)26(4)9-2)24-29-20-22-32(23-21-29)34(30-16-12-10-13-17-30)31-18-14-11-15-19-31/h10-23,25-28H,8-9,24H2,1-7H3. The minimum Gasteiger partial charge on any atom is -0.0687 e. The fourth-order valence-corrected chi connectivity index (χ4v) is 5.88. The number of hydrogen-bond donors (Lipinski definition) is 0. The van der Waals surface area contributed by atoms with Gasteiger partial charge in [0.1, 0.15) is 0 Å². The zero-order chi connectivity index (χ0) is 24.7. The summed E-state index contributed by atoms with van der Waals surface area (Å²) in [4.78, 5) is 0. The van der Waals surface area contributed by atoms with Crippen LogP contribution in [-0.4, -0.2) is 6.71 Å². The Labute approximate surface area is 210 Å². The summed E-state index contributed by atoms with van der Waals surface area (Å²) in [5.74, 6) is 2.83. The molecule has 0 nitrogen and oxygen atoms in total. The predicted molar refractivity (Wildman–Crippen MR) is 153 cm³/mol. The average molecular weight is 453 g/mol. The largest absolute Gasteiger partial charge is 0.241 e. The fraction of sp³-hybridized carbons (Fsp3) is 0.455. The summed E-state index contributed by atoms with van der Waals surface area (Å²) >= 11 is 0. The van der Waals surface area contributed by atoms with E-state index in [1.807, 2.05) is 0 Å². The molecule has 0 saturated heterocycles. The summed E-state index contributed by atoms with van der Waals surface area (Å²) in [5, 5.41) is 0. The molecule has 34 heavy (non-hydrogen) atoms. The summed E-state index contributed by atoms with van der Waals surface area (Å²) in [7, 11) is 0. The molecule has 0 amide bonds. The Morgan fingerprint density at radius 2 is 0.971 bits per heavy atom. The molecule has 0 aliphatic carbocycles. The molecule has 3 aromatic carbocycles. The Hall–Kier alpha value is -2.28. The van der Waals surface area contributed by atoms with E-state index in [0.717, 1.165) is 18.3 Å². The van der Waals surface area contributed by atoms with Gasteiger partial charge >= 0.3 is 0 Å². The second-order valence-electron chi connectivity index (χ2n) is 11.0. The molecule has 0 aliphatic rings. The molecule has 3 rings (SSSR count). The molecule has 0 bridgehead atoms. The zero-order valence-electron chi connectivity index (χ0n) is 22.6. The summed E-state index contributed by atoms with van der Waals surface area (Å²) in [5.41, 5.74) is 5.82. The predicted octanol–water partition coefficient (Wildman–Crippen LogP) is 7.12. The molecule has 0 heterocycles. The van der Waals surface area contributed by atoms with E-state index in [9.17, 15) is 0 Å². The lowest BCUT2D eigenvalue weighted by atomic mass is 9.37. The molecule has 4 unspecified atom stereocenters. The quantitative estimate of drug-likeness (QED) is 0.272. The summed E-state index contributed by atoms with van der Waals surface area (Å²) in [6.07, 6.45) is 3.64. The smallest absolute Gasteiger partial charge is 0.0687 e. The Balaban J connectivity index is 1.94. The van der Waals surface area contributed by atoms with Crippen molar-refractivity contribution in [3.63, 3.8) is 0 Å². The van der Waals surface area contributed by atoms with E-state index in [1.54, 1.807) is 0 Å². The first-order chi connectivity index (χ1) is 16.3. The van der Waals surface area contributed by atoms with Crippen molar-refractivity contribution in [3.05, 3.63) is 90.5 Å². The van der Waals surface area contributed by atoms with E-state index in [0.29, 0.717) is 11.8 Å². The SMILES string of the molecule is CCC(C)C(C)C(C)(Cc1ccc(B(c2ccccc2)c2ccccc2)cc1)C(C)C(C)CC. The van der Waals surface area contributed by atoms with Gasteiger partial charge in [-0.3, -0.25) is 0 Å². The summed E-state index contributed by atoms with van der Waals surface area (Å²) < 4.78 is 0. The van der Waals surface area contributed by atoms with Crippen molar-refractivity contribution in [3.8, 4) is 0 Å². The highest BCUT2D eigenvalue weighted by atomic mass is 14.4. The van der Waals surface area contributed by atoms with Gasteiger partial charge in [-0.2, -0.15) is 0 Å². The van der Waals surface area contributed by atoms with Crippen LogP contribution in [0.5, 0.6) is 0 Å². The third-order valence-electron chi connectivity index (χ3n) is 9.24. The zero-order valence-corrected chi connectivity index (χ0v) is 22.6. The molecule has 0 fully saturated rings. The average Bonchev–Trinajstić information content (AvgIpc) is 2.89. The Bertz CT molecular complexity index is 921. The van der Waals surface area contributed by atoms with Crippen molar-refractivity contribution >= 4 is 23.1 Å². The molecule has 0 N–H and O–H groups in total. The maximum Gasteiger partial charge on any atom is 0.241 e. The molecule has 0 saturated carbocycles. The van der Waals surface area contributed by atoms with E-state index in [1.165, 1.54) is 34.8 Å². The maximum absolute atomic E-state index is 2.56. The van der Waals surface area contributed by atoms with Crippen LogP contribution in [0, 0.1) is 29.1 Å². The normalized spacial score (nSPS) is 16.8. The van der Waals surface area contributed by atoms with Gasteiger partial charge in [-0.1, -0.05) is 163 Å². The van der Waals surface area contributed by atoms with Gasteiger partial charge in [0, 0.05) is 0 Å². The molecule has 0 spiro atoms. The van der Waals surface area contributed by atoms with Crippen LogP contribution in [-0.2, 0) is 6.42 Å². The number of rotatable bonds is 11. The first-order valence-corrected chi connectivity index (χ1v) is 13.5. The van der Waals surface area contributed by atoms with Crippen LogP contribution >= 0.6 is 0 Å². The number of benzene rings is 3. The lowest BCUT2D eigenvalue weighted by Gasteiger charge is -2.46. The molecule has 3 aromatic rings. The fourth-order valence-electron chi connectivity index (χ4n) is 5.88. The maximum atomic E-state index is 2.56. The van der Waals surface area contributed by atoms with Crippen LogP contribution < -0.4 is 16.4 Å². The van der Waals surface area contributed by atoms with Crippen LogP contribution in [0.2, 0.25) is 0 Å². The van der Waals surface area contributed by atoms with Crippen LogP contribution in [0.3, 0.4) is 0 Å². The van der Waals surface area contributed by atoms with Gasteiger partial charge in [0.15, 0.2) is 0 Å². The highest BCUT2D eigenvalue weighted by Gasteiger charge is 2.40. The van der Waals surface area contributed by atoms with Crippen LogP contribution in [0.4, 0.5) is 0 Å². The first-order valence-electron chi connectivity index (χ1n) is 13.5. The lowest BCUT2D eigenvalue weighted by Crippen LogP contribution is -2.51. The van der Waals surface area contributed by atoms with Crippen molar-refractivity contribution in [2.24, 2.45) is 29.1 Å². The monoisotopic (exact) mass is 452 g/mol. The molecule has 0 aromatic heterocycles. The van der Waals surface area contributed by atoms with Crippen molar-refractivity contribution in [2.75, 3.05) is 0 Å². The van der Waals surface area contributed by atoms with Crippen molar-refractivity contribution in [1.82, 2.24) is 0 Å². The van der Waals surface area contributed by atoms with E-state index in [4.69, 9.17) is 0 Å². The Morgan fingerprint density at radius 3 is 1.35 bits per heavy atom. The van der Waals surface area contributed by atoms with Gasteiger partial charge in [-0.15, -0.1) is 0 Å². The van der Waals surface area contributed by atoms with Gasteiger partial charge in [0.25, 0.3) is 0 Å². The minimum atomic E-state index is 0.265. The molecule has 0 aliphatic heterocycles. The van der Waals surface area contributed by atoms with E-state index >= 15 is 0 Å². The van der Waals surface area contributed by atoms with Gasteiger partial charge in [-0.25, -0.2) is 0 Å². The molecule has 4 atom stereocenters. The highest BCUT2D eigenvalue weighted by molar-refractivity contribution is 6.95. The lowest BCUT2D eigenvalue weighted by molar-refractivity contribution is 0.0416. The van der Waals surface area contributed by atoms with Gasteiger partial charge < -0.3 is 0 Å². The summed E-state index contributed by atoms with van der Waals surface area (Å²) in [6.45, 7) is 17.4. The summed E-state index contributed by atoms with van der Waals surface area (Å²) in [6, 6.07) is 31.4. The molecule has 1 heteroatoms. The van der Waals surface area contributed by atoms with Gasteiger partial charge in [0.05, 0.1) is 0 Å². The van der Waals surface area contributed by atoms with Crippen molar-refractivity contribution in [2.45, 2.75) is 67.7 Å². The van der Waals surface area contributed by atoms with Crippen LogP contribution in [0.15, 0.2) is 84.9 Å². The van der Waals surface area contributed by atoms with Gasteiger partial charge in [-0.05, 0) is 41.1 Å². The third kappa shape index (κ3) is 5.85. The first kappa shape index (κ1) is 26.3. The molecular formula is C33H45B. The molecule has 180 valence electrons. The number of hydrogen-bond acceptors (Lipinski definition) is 0. The van der Waals surface area contributed by atoms with Gasteiger partial charge in [0.2, 0.25) is 6.71 Å². The van der Waals surface area contributed by atoms with Crippen molar-refractivity contribution in [1.29, 1.82) is 0 Å². The molecule has 0 radical (unpaired) electrons. The van der Waals surface area contributed by atoms with E-state index in [2.05, 4.69) is 133 Å². The Morgan fingerprint density at radius 1 is 0.588 bits per heavy atom.